The smallest absolute Gasteiger partial charge is 0.418 e. The summed E-state index contributed by atoms with van der Waals surface area (Å²) in [4.78, 5) is 12.0. The van der Waals surface area contributed by atoms with Crippen LogP contribution in [-0.2, 0) is 25.7 Å². The normalized spacial score (nSPS) is 13.1. The molecule has 0 heterocycles. The molecule has 0 spiro atoms. The number of rotatable bonds is 6. The number of ether oxygens (including phenoxy) is 1. The molecule has 2 aromatic rings. The molecule has 0 unspecified atom stereocenters. The third-order valence-corrected chi connectivity index (χ3v) is 5.90. The maximum absolute atomic E-state index is 13.5. The fourth-order valence-electron chi connectivity index (χ4n) is 2.63. The molecule has 1 atom stereocenters. The zero-order valence-electron chi connectivity index (χ0n) is 15.5. The molecule has 0 amide bonds. The molecule has 0 saturated heterocycles. The van der Waals surface area contributed by atoms with Crippen molar-refractivity contribution < 1.29 is 31.1 Å². The van der Waals surface area contributed by atoms with Crippen molar-refractivity contribution in [3.8, 4) is 0 Å². The number of hydrogen-bond acceptors (Lipinski definition) is 4. The minimum atomic E-state index is -4.81. The van der Waals surface area contributed by atoms with Gasteiger partial charge in [0.15, 0.2) is 0 Å². The van der Waals surface area contributed by atoms with Crippen LogP contribution in [0.25, 0.3) is 0 Å². The van der Waals surface area contributed by atoms with Crippen molar-refractivity contribution in [3.63, 3.8) is 0 Å². The van der Waals surface area contributed by atoms with Gasteiger partial charge < -0.3 is 4.74 Å². The summed E-state index contributed by atoms with van der Waals surface area (Å²) in [5, 5.41) is 0. The van der Waals surface area contributed by atoms with Crippen LogP contribution < -0.4 is 4.31 Å². The summed E-state index contributed by atoms with van der Waals surface area (Å²) < 4.78 is 72.4. The predicted molar refractivity (Wildman–Crippen MR) is 98.4 cm³/mol. The van der Waals surface area contributed by atoms with Crippen molar-refractivity contribution in [2.24, 2.45) is 0 Å². The highest BCUT2D eigenvalue weighted by Crippen LogP contribution is 2.39. The number of alkyl halides is 3. The minimum absolute atomic E-state index is 0.0392. The van der Waals surface area contributed by atoms with Gasteiger partial charge in [0.1, 0.15) is 6.04 Å². The van der Waals surface area contributed by atoms with E-state index in [4.69, 9.17) is 4.74 Å². The van der Waals surface area contributed by atoms with E-state index in [1.807, 2.05) is 0 Å². The van der Waals surface area contributed by atoms with E-state index in [1.54, 1.807) is 6.92 Å². The molecule has 2 aromatic carbocycles. The Morgan fingerprint density at radius 1 is 1.11 bits per heavy atom. The van der Waals surface area contributed by atoms with Gasteiger partial charge in [-0.15, -0.1) is 0 Å². The van der Waals surface area contributed by atoms with Crippen LogP contribution in [-0.4, -0.2) is 27.0 Å². The monoisotopic (exact) mass is 415 g/mol. The number of benzene rings is 2. The first-order valence-corrected chi connectivity index (χ1v) is 9.88. The van der Waals surface area contributed by atoms with Gasteiger partial charge in [0, 0.05) is 0 Å². The maximum Gasteiger partial charge on any atom is 0.418 e. The van der Waals surface area contributed by atoms with Crippen LogP contribution in [0.4, 0.5) is 18.9 Å². The van der Waals surface area contributed by atoms with E-state index in [2.05, 4.69) is 0 Å². The van der Waals surface area contributed by atoms with Crippen LogP contribution in [0, 0.1) is 6.92 Å². The van der Waals surface area contributed by atoms with E-state index in [1.165, 1.54) is 44.2 Å². The number of anilines is 1. The van der Waals surface area contributed by atoms with Gasteiger partial charge >= 0.3 is 12.1 Å². The Balaban J connectivity index is 2.72. The van der Waals surface area contributed by atoms with Gasteiger partial charge in [0.25, 0.3) is 10.0 Å². The molecule has 0 aliphatic carbocycles. The van der Waals surface area contributed by atoms with Crippen LogP contribution in [0.2, 0.25) is 0 Å². The van der Waals surface area contributed by atoms with Crippen LogP contribution >= 0.6 is 0 Å². The van der Waals surface area contributed by atoms with Crippen LogP contribution in [0.1, 0.15) is 25.0 Å². The average molecular weight is 415 g/mol. The largest absolute Gasteiger partial charge is 0.464 e. The summed E-state index contributed by atoms with van der Waals surface area (Å²) in [6.07, 6.45) is -4.81. The summed E-state index contributed by atoms with van der Waals surface area (Å²) in [5.41, 5.74) is -1.03. The highest BCUT2D eigenvalue weighted by molar-refractivity contribution is 7.93. The van der Waals surface area contributed by atoms with Crippen LogP contribution in [0.3, 0.4) is 0 Å². The molecule has 0 radical (unpaired) electrons. The van der Waals surface area contributed by atoms with Gasteiger partial charge in [0.05, 0.1) is 22.8 Å². The van der Waals surface area contributed by atoms with E-state index in [-0.39, 0.29) is 11.5 Å². The lowest BCUT2D eigenvalue weighted by molar-refractivity contribution is -0.144. The lowest BCUT2D eigenvalue weighted by Gasteiger charge is -2.31. The summed E-state index contributed by atoms with van der Waals surface area (Å²) in [5.74, 6) is -0.949. The van der Waals surface area contributed by atoms with Gasteiger partial charge in [-0.2, -0.15) is 13.2 Å². The first-order valence-electron chi connectivity index (χ1n) is 8.44. The fourth-order valence-corrected chi connectivity index (χ4v) is 4.26. The molecule has 0 fully saturated rings. The Kier molecular flexibility index (Phi) is 6.38. The van der Waals surface area contributed by atoms with E-state index in [9.17, 15) is 26.4 Å². The first-order chi connectivity index (χ1) is 13.0. The van der Waals surface area contributed by atoms with E-state index >= 15 is 0 Å². The number of sulfonamides is 1. The molecule has 28 heavy (non-hydrogen) atoms. The molecule has 0 saturated carbocycles. The molecule has 0 aromatic heterocycles. The molecule has 5 nitrogen and oxygen atoms in total. The van der Waals surface area contributed by atoms with Crippen molar-refractivity contribution in [1.82, 2.24) is 0 Å². The van der Waals surface area contributed by atoms with Crippen LogP contribution in [0.15, 0.2) is 53.4 Å². The second-order valence-corrected chi connectivity index (χ2v) is 7.87. The zero-order chi connectivity index (χ0) is 21.1. The molecule has 0 aliphatic heterocycles. The van der Waals surface area contributed by atoms with Crippen molar-refractivity contribution >= 4 is 21.7 Å². The second-order valence-electron chi connectivity index (χ2n) is 6.06. The number of carbonyl (C=O) groups excluding carboxylic acids is 1. The van der Waals surface area contributed by atoms with Gasteiger partial charge in [-0.1, -0.05) is 29.8 Å². The van der Waals surface area contributed by atoms with E-state index in [0.29, 0.717) is 4.31 Å². The first kappa shape index (κ1) is 21.7. The van der Waals surface area contributed by atoms with Crippen molar-refractivity contribution in [3.05, 3.63) is 59.7 Å². The fraction of sp³-hybridized carbons (Fsp3) is 0.316. The molecule has 9 heteroatoms. The van der Waals surface area contributed by atoms with Crippen molar-refractivity contribution in [1.29, 1.82) is 0 Å². The van der Waals surface area contributed by atoms with Crippen LogP contribution in [0.5, 0.6) is 0 Å². The third kappa shape index (κ3) is 4.46. The number of esters is 1. The Hall–Kier alpha value is -2.55. The Labute approximate surface area is 161 Å². The van der Waals surface area contributed by atoms with Crippen molar-refractivity contribution in [2.45, 2.75) is 37.9 Å². The maximum atomic E-state index is 13.5. The minimum Gasteiger partial charge on any atom is -0.464 e. The quantitative estimate of drug-likeness (QED) is 0.665. The standard InChI is InChI=1S/C19H20F3NO4S/c1-4-27-18(24)14(3)23(17-8-6-5-7-16(17)19(20,21)22)28(25,26)15-11-9-13(2)10-12-15/h5-12,14H,4H2,1-3H3/t14-/m0/s1. The van der Waals surface area contributed by atoms with Gasteiger partial charge in [-0.25, -0.2) is 13.2 Å². The molecular weight excluding hydrogens is 395 g/mol. The highest BCUT2D eigenvalue weighted by atomic mass is 32.2. The number of nitrogens with zero attached hydrogens (tertiary/aromatic N) is 1. The number of hydrogen-bond donors (Lipinski definition) is 0. The number of carbonyl (C=O) groups is 1. The summed E-state index contributed by atoms with van der Waals surface area (Å²) in [7, 11) is -4.48. The van der Waals surface area contributed by atoms with E-state index < -0.39 is 39.5 Å². The number of aryl methyl sites for hydroxylation is 1. The Morgan fingerprint density at radius 2 is 1.68 bits per heavy atom. The van der Waals surface area contributed by atoms with Gasteiger partial charge in [0.2, 0.25) is 0 Å². The molecule has 0 bridgehead atoms. The molecule has 2 rings (SSSR count). The molecule has 0 aliphatic rings. The lowest BCUT2D eigenvalue weighted by Crippen LogP contribution is -2.45. The summed E-state index contributed by atoms with van der Waals surface area (Å²) in [6.45, 7) is 4.42. The lowest BCUT2D eigenvalue weighted by atomic mass is 10.1. The Bertz CT molecular complexity index is 940. The molecule has 152 valence electrons. The molecule has 0 N–H and O–H groups in total. The Morgan fingerprint density at radius 3 is 2.21 bits per heavy atom. The number of para-hydroxylation sites is 1. The predicted octanol–water partition coefficient (Wildman–Crippen LogP) is 4.16. The van der Waals surface area contributed by atoms with Gasteiger partial charge in [-0.3, -0.25) is 4.31 Å². The van der Waals surface area contributed by atoms with E-state index in [0.717, 1.165) is 23.8 Å². The molecular formula is C19H20F3NO4S. The topological polar surface area (TPSA) is 63.7 Å². The SMILES string of the molecule is CCOC(=O)[C@H](C)N(c1ccccc1C(F)(F)F)S(=O)(=O)c1ccc(C)cc1. The second kappa shape index (κ2) is 8.22. The average Bonchev–Trinajstić information content (AvgIpc) is 2.61. The summed E-state index contributed by atoms with van der Waals surface area (Å²) in [6, 6.07) is 8.32. The van der Waals surface area contributed by atoms with Crippen molar-refractivity contribution in [2.75, 3.05) is 10.9 Å². The number of halogens is 3. The van der Waals surface area contributed by atoms with Gasteiger partial charge in [-0.05, 0) is 45.0 Å². The third-order valence-electron chi connectivity index (χ3n) is 4.00. The summed E-state index contributed by atoms with van der Waals surface area (Å²) >= 11 is 0. The highest BCUT2D eigenvalue weighted by Gasteiger charge is 2.41. The zero-order valence-corrected chi connectivity index (χ0v) is 16.3.